The summed E-state index contributed by atoms with van der Waals surface area (Å²) in [5.41, 5.74) is 1.28. The summed E-state index contributed by atoms with van der Waals surface area (Å²) in [6.07, 6.45) is 3.61. The number of methoxy groups -OCH3 is 2. The summed E-state index contributed by atoms with van der Waals surface area (Å²) in [4.78, 5) is 0. The molecular formula is C16H27ClN2O2. The van der Waals surface area contributed by atoms with Crippen LogP contribution in [-0.2, 0) is 6.42 Å². The molecule has 1 fully saturated rings. The van der Waals surface area contributed by atoms with E-state index in [1.807, 2.05) is 6.07 Å². The molecule has 0 atom stereocenters. The van der Waals surface area contributed by atoms with Gasteiger partial charge >= 0.3 is 0 Å². The minimum Gasteiger partial charge on any atom is -0.493 e. The Morgan fingerprint density at radius 3 is 2.52 bits per heavy atom. The van der Waals surface area contributed by atoms with Gasteiger partial charge in [-0.05, 0) is 69.1 Å². The Hall–Kier alpha value is -0.970. The SMILES string of the molecule is COc1ccc(CCNCC2CCNCC2)cc1OC.Cl. The molecule has 0 radical (unpaired) electrons. The monoisotopic (exact) mass is 314 g/mol. The molecule has 0 unspecified atom stereocenters. The van der Waals surface area contributed by atoms with Crippen LogP contribution < -0.4 is 20.1 Å². The van der Waals surface area contributed by atoms with Gasteiger partial charge in [-0.25, -0.2) is 0 Å². The van der Waals surface area contributed by atoms with Crippen molar-refractivity contribution in [2.24, 2.45) is 5.92 Å². The van der Waals surface area contributed by atoms with Crippen LogP contribution in [0.3, 0.4) is 0 Å². The van der Waals surface area contributed by atoms with Crippen LogP contribution in [0.2, 0.25) is 0 Å². The molecule has 4 nitrogen and oxygen atoms in total. The lowest BCUT2D eigenvalue weighted by Gasteiger charge is -2.22. The highest BCUT2D eigenvalue weighted by molar-refractivity contribution is 5.85. The van der Waals surface area contributed by atoms with Gasteiger partial charge in [0.2, 0.25) is 0 Å². The number of ether oxygens (including phenoxy) is 2. The van der Waals surface area contributed by atoms with Gasteiger partial charge in [0.1, 0.15) is 0 Å². The average molecular weight is 315 g/mol. The fourth-order valence-electron chi connectivity index (χ4n) is 2.66. The summed E-state index contributed by atoms with van der Waals surface area (Å²) in [6.45, 7) is 4.48. The predicted octanol–water partition coefficient (Wildman–Crippen LogP) is 2.26. The van der Waals surface area contributed by atoms with Crippen LogP contribution in [0.1, 0.15) is 18.4 Å². The molecule has 0 saturated carbocycles. The Bertz CT molecular complexity index is 409. The highest BCUT2D eigenvalue weighted by Crippen LogP contribution is 2.27. The first-order valence-electron chi connectivity index (χ1n) is 7.46. The van der Waals surface area contributed by atoms with E-state index in [9.17, 15) is 0 Å². The maximum Gasteiger partial charge on any atom is 0.160 e. The molecule has 0 aromatic heterocycles. The molecule has 0 spiro atoms. The molecule has 0 aliphatic carbocycles. The molecule has 1 heterocycles. The van der Waals surface area contributed by atoms with Gasteiger partial charge in [-0.3, -0.25) is 0 Å². The number of benzene rings is 1. The largest absolute Gasteiger partial charge is 0.493 e. The third kappa shape index (κ3) is 5.73. The van der Waals surface area contributed by atoms with Crippen LogP contribution >= 0.6 is 12.4 Å². The molecule has 0 bridgehead atoms. The van der Waals surface area contributed by atoms with Crippen molar-refractivity contribution in [3.8, 4) is 11.5 Å². The number of halogens is 1. The molecule has 1 saturated heterocycles. The van der Waals surface area contributed by atoms with Gasteiger partial charge in [-0.2, -0.15) is 0 Å². The third-order valence-corrected chi connectivity index (χ3v) is 3.93. The van der Waals surface area contributed by atoms with E-state index in [4.69, 9.17) is 9.47 Å². The lowest BCUT2D eigenvalue weighted by atomic mass is 9.98. The number of piperidine rings is 1. The second-order valence-corrected chi connectivity index (χ2v) is 5.34. The van der Waals surface area contributed by atoms with Crippen molar-refractivity contribution in [3.63, 3.8) is 0 Å². The standard InChI is InChI=1S/C16H26N2O2.ClH/c1-19-15-4-3-13(11-16(15)20-2)5-10-18-12-14-6-8-17-9-7-14;/h3-4,11,14,17-18H,5-10,12H2,1-2H3;1H. The van der Waals surface area contributed by atoms with Crippen molar-refractivity contribution < 1.29 is 9.47 Å². The summed E-state index contributed by atoms with van der Waals surface area (Å²) >= 11 is 0. The summed E-state index contributed by atoms with van der Waals surface area (Å²) < 4.78 is 10.6. The van der Waals surface area contributed by atoms with Gasteiger partial charge in [0.15, 0.2) is 11.5 Å². The number of hydrogen-bond acceptors (Lipinski definition) is 4. The van der Waals surface area contributed by atoms with E-state index in [1.54, 1.807) is 14.2 Å². The lowest BCUT2D eigenvalue weighted by Crippen LogP contribution is -2.34. The van der Waals surface area contributed by atoms with Gasteiger partial charge in [0.05, 0.1) is 14.2 Å². The van der Waals surface area contributed by atoms with E-state index in [2.05, 4.69) is 22.8 Å². The van der Waals surface area contributed by atoms with E-state index in [0.29, 0.717) is 0 Å². The Labute approximate surface area is 134 Å². The van der Waals surface area contributed by atoms with E-state index < -0.39 is 0 Å². The third-order valence-electron chi connectivity index (χ3n) is 3.93. The number of rotatable bonds is 7. The molecule has 21 heavy (non-hydrogen) atoms. The zero-order chi connectivity index (χ0) is 14.2. The topological polar surface area (TPSA) is 42.5 Å². The number of hydrogen-bond donors (Lipinski definition) is 2. The van der Waals surface area contributed by atoms with Crippen molar-refractivity contribution in [1.29, 1.82) is 0 Å². The van der Waals surface area contributed by atoms with Crippen LogP contribution in [0.4, 0.5) is 0 Å². The maximum absolute atomic E-state index is 5.33. The van der Waals surface area contributed by atoms with Gasteiger partial charge in [-0.15, -0.1) is 12.4 Å². The van der Waals surface area contributed by atoms with E-state index in [1.165, 1.54) is 31.5 Å². The minimum atomic E-state index is 0. The van der Waals surface area contributed by atoms with Crippen molar-refractivity contribution in [2.75, 3.05) is 40.4 Å². The van der Waals surface area contributed by atoms with Gasteiger partial charge in [0, 0.05) is 0 Å². The molecule has 2 N–H and O–H groups in total. The predicted molar refractivity (Wildman–Crippen MR) is 89.0 cm³/mol. The summed E-state index contributed by atoms with van der Waals surface area (Å²) in [6, 6.07) is 6.14. The second kappa shape index (κ2) is 9.87. The molecule has 0 amide bonds. The average Bonchev–Trinajstić information content (AvgIpc) is 2.52. The smallest absolute Gasteiger partial charge is 0.160 e. The molecule has 5 heteroatoms. The van der Waals surface area contributed by atoms with Crippen molar-refractivity contribution in [2.45, 2.75) is 19.3 Å². The van der Waals surface area contributed by atoms with Crippen LogP contribution in [0, 0.1) is 5.92 Å². The summed E-state index contributed by atoms with van der Waals surface area (Å²) in [5.74, 6) is 2.43. The Morgan fingerprint density at radius 1 is 1.14 bits per heavy atom. The van der Waals surface area contributed by atoms with Crippen LogP contribution in [0.15, 0.2) is 18.2 Å². The van der Waals surface area contributed by atoms with Crippen LogP contribution in [0.5, 0.6) is 11.5 Å². The summed E-state index contributed by atoms with van der Waals surface area (Å²) in [7, 11) is 3.34. The van der Waals surface area contributed by atoms with Gasteiger partial charge in [0.25, 0.3) is 0 Å². The molecule has 120 valence electrons. The van der Waals surface area contributed by atoms with Crippen molar-refractivity contribution >= 4 is 12.4 Å². The highest BCUT2D eigenvalue weighted by Gasteiger charge is 2.12. The van der Waals surface area contributed by atoms with E-state index >= 15 is 0 Å². The normalized spacial score (nSPS) is 15.3. The zero-order valence-electron chi connectivity index (χ0n) is 13.0. The maximum atomic E-state index is 5.33. The fourth-order valence-corrected chi connectivity index (χ4v) is 2.66. The molecule has 1 aromatic rings. The van der Waals surface area contributed by atoms with Crippen LogP contribution in [-0.4, -0.2) is 40.4 Å². The molecule has 2 rings (SSSR count). The molecule has 1 aromatic carbocycles. The minimum absolute atomic E-state index is 0. The first kappa shape index (κ1) is 18.1. The van der Waals surface area contributed by atoms with Crippen LogP contribution in [0.25, 0.3) is 0 Å². The molecule has 1 aliphatic heterocycles. The fraction of sp³-hybridized carbons (Fsp3) is 0.625. The Morgan fingerprint density at radius 2 is 1.86 bits per heavy atom. The molecular weight excluding hydrogens is 288 g/mol. The van der Waals surface area contributed by atoms with Crippen molar-refractivity contribution in [1.82, 2.24) is 10.6 Å². The summed E-state index contributed by atoms with van der Waals surface area (Å²) in [5, 5.41) is 6.97. The highest BCUT2D eigenvalue weighted by atomic mass is 35.5. The zero-order valence-corrected chi connectivity index (χ0v) is 13.8. The second-order valence-electron chi connectivity index (χ2n) is 5.34. The molecule has 1 aliphatic rings. The lowest BCUT2D eigenvalue weighted by molar-refractivity contribution is 0.353. The number of nitrogens with one attached hydrogen (secondary N) is 2. The Balaban J connectivity index is 0.00000220. The van der Waals surface area contributed by atoms with Crippen molar-refractivity contribution in [3.05, 3.63) is 23.8 Å². The Kier molecular flexibility index (Phi) is 8.50. The quantitative estimate of drug-likeness (QED) is 0.758. The van der Waals surface area contributed by atoms with E-state index in [-0.39, 0.29) is 12.4 Å². The van der Waals surface area contributed by atoms with Gasteiger partial charge < -0.3 is 20.1 Å². The van der Waals surface area contributed by atoms with E-state index in [0.717, 1.165) is 36.9 Å². The first-order valence-corrected chi connectivity index (χ1v) is 7.46. The first-order chi connectivity index (χ1) is 9.83. The van der Waals surface area contributed by atoms with Gasteiger partial charge in [-0.1, -0.05) is 6.07 Å².